The molecule has 0 aliphatic carbocycles. The van der Waals surface area contributed by atoms with Crippen molar-refractivity contribution in [2.24, 2.45) is 0 Å². The number of halogens is 4. The Kier molecular flexibility index (Phi) is 5.30. The van der Waals surface area contributed by atoms with Crippen molar-refractivity contribution in [2.75, 3.05) is 0 Å². The van der Waals surface area contributed by atoms with Crippen molar-refractivity contribution < 1.29 is 18.0 Å². The Morgan fingerprint density at radius 1 is 1.31 bits per heavy atom. The van der Waals surface area contributed by atoms with Gasteiger partial charge in [-0.3, -0.25) is 4.79 Å². The number of carbonyl (C=O) groups excluding carboxylic acids is 1. The van der Waals surface area contributed by atoms with Crippen LogP contribution in [-0.4, -0.2) is 5.91 Å². The normalized spacial score (nSPS) is 10.5. The molecule has 0 fully saturated rings. The molecule has 0 aliphatic rings. The lowest BCUT2D eigenvalue weighted by molar-refractivity contribution is -0.138. The van der Waals surface area contributed by atoms with Crippen molar-refractivity contribution >= 4 is 18.3 Å². The Morgan fingerprint density at radius 3 is 2.38 bits per heavy atom. The second-order valence-corrected chi connectivity index (χ2v) is 3.06. The van der Waals surface area contributed by atoms with Gasteiger partial charge in [0.25, 0.3) is 0 Å². The predicted octanol–water partition coefficient (Wildman–Crippen LogP) is 2.76. The first kappa shape index (κ1) is 14.8. The molecule has 0 unspecified atom stereocenters. The number of amides is 1. The lowest BCUT2D eigenvalue weighted by Crippen LogP contribution is -2.21. The number of carbonyl (C=O) groups is 1. The van der Waals surface area contributed by atoms with E-state index in [9.17, 15) is 18.0 Å². The molecule has 1 aromatic carbocycles. The van der Waals surface area contributed by atoms with Crippen LogP contribution in [0, 0.1) is 0 Å². The molecule has 1 rings (SSSR count). The average molecular weight is 254 g/mol. The predicted molar refractivity (Wildman–Crippen MR) is 56.2 cm³/mol. The second-order valence-electron chi connectivity index (χ2n) is 3.06. The van der Waals surface area contributed by atoms with Gasteiger partial charge in [0.05, 0.1) is 5.56 Å². The molecular formula is C10H11ClF3NO. The van der Waals surface area contributed by atoms with Crippen LogP contribution in [0.15, 0.2) is 24.3 Å². The molecule has 0 atom stereocenters. The van der Waals surface area contributed by atoms with Crippen LogP contribution >= 0.6 is 12.4 Å². The third-order valence-corrected chi connectivity index (χ3v) is 1.85. The zero-order chi connectivity index (χ0) is 11.5. The number of alkyl halides is 3. The second kappa shape index (κ2) is 5.75. The van der Waals surface area contributed by atoms with E-state index >= 15 is 0 Å². The van der Waals surface area contributed by atoms with Crippen molar-refractivity contribution in [3.63, 3.8) is 0 Å². The molecular weight excluding hydrogens is 243 g/mol. The Balaban J connectivity index is 0.00000225. The fraction of sp³-hybridized carbons (Fsp3) is 0.300. The van der Waals surface area contributed by atoms with Crippen molar-refractivity contribution in [1.29, 1.82) is 0 Å². The van der Waals surface area contributed by atoms with Crippen LogP contribution in [0.4, 0.5) is 13.2 Å². The maximum atomic E-state index is 12.5. The summed E-state index contributed by atoms with van der Waals surface area (Å²) in [7, 11) is 0. The molecule has 2 nitrogen and oxygen atoms in total. The van der Waals surface area contributed by atoms with Crippen molar-refractivity contribution in [2.45, 2.75) is 19.6 Å². The molecule has 90 valence electrons. The third kappa shape index (κ3) is 4.10. The fourth-order valence-corrected chi connectivity index (χ4v) is 1.17. The van der Waals surface area contributed by atoms with Crippen LogP contribution in [0.3, 0.4) is 0 Å². The lowest BCUT2D eigenvalue weighted by atomic mass is 10.1. The highest BCUT2D eigenvalue weighted by Crippen LogP contribution is 2.31. The molecule has 1 amide bonds. The zero-order valence-electron chi connectivity index (χ0n) is 8.47. The molecule has 0 saturated carbocycles. The van der Waals surface area contributed by atoms with Gasteiger partial charge in [0.15, 0.2) is 0 Å². The van der Waals surface area contributed by atoms with Crippen LogP contribution in [0.25, 0.3) is 0 Å². The van der Waals surface area contributed by atoms with E-state index in [4.69, 9.17) is 0 Å². The molecule has 6 heteroatoms. The summed E-state index contributed by atoms with van der Waals surface area (Å²) in [5.41, 5.74) is -0.640. The molecule has 1 N–H and O–H groups in total. The van der Waals surface area contributed by atoms with Crippen molar-refractivity contribution in [1.82, 2.24) is 5.32 Å². The van der Waals surface area contributed by atoms with Gasteiger partial charge in [0.1, 0.15) is 0 Å². The van der Waals surface area contributed by atoms with Crippen molar-refractivity contribution in [3.05, 3.63) is 35.4 Å². The minimum atomic E-state index is -4.38. The number of hydrogen-bond donors (Lipinski definition) is 1. The number of rotatable bonds is 2. The van der Waals surface area contributed by atoms with Crippen LogP contribution in [-0.2, 0) is 17.5 Å². The van der Waals surface area contributed by atoms with E-state index < -0.39 is 11.7 Å². The van der Waals surface area contributed by atoms with Gasteiger partial charge in [-0.05, 0) is 11.6 Å². The van der Waals surface area contributed by atoms with Gasteiger partial charge in [-0.25, -0.2) is 0 Å². The molecule has 0 saturated heterocycles. The average Bonchev–Trinajstić information content (AvgIpc) is 2.13. The minimum Gasteiger partial charge on any atom is -0.352 e. The summed E-state index contributed by atoms with van der Waals surface area (Å²) in [6.45, 7) is 1.15. The van der Waals surface area contributed by atoms with Gasteiger partial charge < -0.3 is 5.32 Å². The highest BCUT2D eigenvalue weighted by Gasteiger charge is 2.32. The van der Waals surface area contributed by atoms with E-state index in [0.29, 0.717) is 0 Å². The molecule has 0 aromatic heterocycles. The van der Waals surface area contributed by atoms with Crippen LogP contribution in [0.5, 0.6) is 0 Å². The Morgan fingerprint density at radius 2 is 1.88 bits per heavy atom. The van der Waals surface area contributed by atoms with Crippen molar-refractivity contribution in [3.8, 4) is 0 Å². The van der Waals surface area contributed by atoms with Gasteiger partial charge in [-0.1, -0.05) is 18.2 Å². The quantitative estimate of drug-likeness (QED) is 0.863. The first-order valence-electron chi connectivity index (χ1n) is 4.31. The summed E-state index contributed by atoms with van der Waals surface area (Å²) in [4.78, 5) is 10.6. The zero-order valence-corrected chi connectivity index (χ0v) is 9.28. The molecule has 0 heterocycles. The van der Waals surface area contributed by atoms with Crippen LogP contribution in [0.2, 0.25) is 0 Å². The van der Waals surface area contributed by atoms with E-state index in [0.717, 1.165) is 6.07 Å². The summed E-state index contributed by atoms with van der Waals surface area (Å²) in [5.74, 6) is -0.355. The molecule has 1 aromatic rings. The van der Waals surface area contributed by atoms with E-state index in [2.05, 4.69) is 5.32 Å². The first-order chi connectivity index (χ1) is 6.91. The monoisotopic (exact) mass is 253 g/mol. The van der Waals surface area contributed by atoms with Gasteiger partial charge in [0, 0.05) is 13.5 Å². The summed E-state index contributed by atoms with van der Waals surface area (Å²) in [6, 6.07) is 5.17. The van der Waals surface area contributed by atoms with Crippen LogP contribution < -0.4 is 5.32 Å². The number of benzene rings is 1. The molecule has 16 heavy (non-hydrogen) atoms. The standard InChI is InChI=1S/C10H10F3NO.ClH/c1-7(15)14-6-8-4-2-3-5-9(8)10(11,12)13;/h2-5H,6H2,1H3,(H,14,15);1H. The third-order valence-electron chi connectivity index (χ3n) is 1.85. The van der Waals surface area contributed by atoms with Gasteiger partial charge >= 0.3 is 6.18 Å². The highest BCUT2D eigenvalue weighted by atomic mass is 35.5. The van der Waals surface area contributed by atoms with Gasteiger partial charge in [-0.2, -0.15) is 13.2 Å². The van der Waals surface area contributed by atoms with E-state index in [1.54, 1.807) is 0 Å². The summed E-state index contributed by atoms with van der Waals surface area (Å²) < 4.78 is 37.4. The van der Waals surface area contributed by atoms with E-state index in [-0.39, 0.29) is 30.4 Å². The van der Waals surface area contributed by atoms with E-state index in [1.807, 2.05) is 0 Å². The van der Waals surface area contributed by atoms with Crippen LogP contribution in [0.1, 0.15) is 18.1 Å². The SMILES string of the molecule is CC(=O)NCc1ccccc1C(F)(F)F.Cl. The maximum Gasteiger partial charge on any atom is 0.416 e. The highest BCUT2D eigenvalue weighted by molar-refractivity contribution is 5.85. The Labute approximate surface area is 97.3 Å². The Hall–Kier alpha value is -1.23. The fourth-order valence-electron chi connectivity index (χ4n) is 1.17. The van der Waals surface area contributed by atoms with Gasteiger partial charge in [-0.15, -0.1) is 12.4 Å². The maximum absolute atomic E-state index is 12.5. The summed E-state index contributed by atoms with van der Waals surface area (Å²) in [6.07, 6.45) is -4.38. The molecule has 0 spiro atoms. The molecule has 0 aliphatic heterocycles. The summed E-state index contributed by atoms with van der Waals surface area (Å²) in [5, 5.41) is 2.34. The Bertz CT molecular complexity index is 365. The topological polar surface area (TPSA) is 29.1 Å². The van der Waals surface area contributed by atoms with E-state index in [1.165, 1.54) is 25.1 Å². The number of nitrogens with one attached hydrogen (secondary N) is 1. The smallest absolute Gasteiger partial charge is 0.352 e. The minimum absolute atomic E-state index is 0. The first-order valence-corrected chi connectivity index (χ1v) is 4.31. The lowest BCUT2D eigenvalue weighted by Gasteiger charge is -2.12. The largest absolute Gasteiger partial charge is 0.416 e. The molecule has 0 radical (unpaired) electrons. The summed E-state index contributed by atoms with van der Waals surface area (Å²) >= 11 is 0. The van der Waals surface area contributed by atoms with Gasteiger partial charge in [0.2, 0.25) is 5.91 Å². The molecule has 0 bridgehead atoms. The number of hydrogen-bond acceptors (Lipinski definition) is 1.